The maximum absolute atomic E-state index is 2.74. The average Bonchev–Trinajstić information content (AvgIpc) is 3.57. The van der Waals surface area contributed by atoms with Gasteiger partial charge in [0.05, 0.1) is 0 Å². The van der Waals surface area contributed by atoms with Gasteiger partial charge in [-0.1, -0.05) is 278 Å². The first-order valence-corrected chi connectivity index (χ1v) is 26.0. The van der Waals surface area contributed by atoms with Crippen molar-refractivity contribution in [2.45, 2.75) is 309 Å². The first-order chi connectivity index (χ1) is 26.8. The fourth-order valence-electron chi connectivity index (χ4n) is 9.02. The van der Waals surface area contributed by atoms with Crippen molar-refractivity contribution in [1.29, 1.82) is 0 Å². The molecule has 0 radical (unpaired) electrons. The highest BCUT2D eigenvalue weighted by molar-refractivity contribution is 4.97. The van der Waals surface area contributed by atoms with Crippen LogP contribution in [0.4, 0.5) is 0 Å². The van der Waals surface area contributed by atoms with Gasteiger partial charge in [0.1, 0.15) is 6.17 Å². The standard InChI is InChI=1S/C52H104N2/c1-4-7-10-13-16-19-22-25-27-29-32-35-38-41-44-47-52-53(48-45-42-39-36-33-30-24-21-18-15-12-9-6-3)50-51-54(52)49-46-43-40-37-34-31-28-26-23-20-17-14-11-8-5-2/h50-52H,4-49H2,1-3H3. The SMILES string of the molecule is CCCCCCCCCCCCCCCCCC1N(CCCCCCCCCCCCCCC)C=CN1CCCCCCCCCCCCCCCCC. The third kappa shape index (κ3) is 34.6. The number of rotatable bonds is 46. The van der Waals surface area contributed by atoms with Gasteiger partial charge in [0.2, 0.25) is 0 Å². The molecule has 0 saturated carbocycles. The van der Waals surface area contributed by atoms with Crippen LogP contribution < -0.4 is 0 Å². The van der Waals surface area contributed by atoms with Gasteiger partial charge in [-0.25, -0.2) is 0 Å². The summed E-state index contributed by atoms with van der Waals surface area (Å²) in [5.74, 6) is 0. The van der Waals surface area contributed by atoms with Gasteiger partial charge < -0.3 is 9.80 Å². The summed E-state index contributed by atoms with van der Waals surface area (Å²) in [5.41, 5.74) is 0. The van der Waals surface area contributed by atoms with Crippen LogP contribution in [-0.4, -0.2) is 29.1 Å². The highest BCUT2D eigenvalue weighted by Gasteiger charge is 2.25. The largest absolute Gasteiger partial charge is 0.356 e. The van der Waals surface area contributed by atoms with Crippen molar-refractivity contribution >= 4 is 0 Å². The van der Waals surface area contributed by atoms with E-state index in [0.717, 1.165) is 0 Å². The Balaban J connectivity index is 2.20. The Morgan fingerprint density at radius 1 is 0.241 bits per heavy atom. The summed E-state index contributed by atoms with van der Waals surface area (Å²) < 4.78 is 0. The molecule has 0 N–H and O–H groups in total. The highest BCUT2D eigenvalue weighted by atomic mass is 15.4. The van der Waals surface area contributed by atoms with Crippen molar-refractivity contribution in [3.63, 3.8) is 0 Å². The zero-order valence-corrected chi connectivity index (χ0v) is 38.2. The Kier molecular flexibility index (Phi) is 41.3. The maximum atomic E-state index is 2.74. The molecule has 0 amide bonds. The van der Waals surface area contributed by atoms with E-state index in [2.05, 4.69) is 43.0 Å². The molecule has 1 aliphatic heterocycles. The van der Waals surface area contributed by atoms with E-state index in [0.29, 0.717) is 6.17 Å². The monoisotopic (exact) mass is 757 g/mol. The molecule has 0 aromatic carbocycles. The van der Waals surface area contributed by atoms with E-state index in [9.17, 15) is 0 Å². The molecule has 1 aliphatic rings. The van der Waals surface area contributed by atoms with Crippen LogP contribution >= 0.6 is 0 Å². The number of nitrogens with zero attached hydrogens (tertiary/aromatic N) is 2. The smallest absolute Gasteiger partial charge is 0.101 e. The number of hydrogen-bond acceptors (Lipinski definition) is 2. The lowest BCUT2D eigenvalue weighted by Gasteiger charge is -2.33. The normalized spacial score (nSPS) is 14.3. The molecule has 0 aromatic heterocycles. The van der Waals surface area contributed by atoms with Crippen LogP contribution in [0, 0.1) is 0 Å². The first kappa shape index (κ1) is 51.4. The summed E-state index contributed by atoms with van der Waals surface area (Å²) >= 11 is 0. The molecule has 0 aromatic rings. The van der Waals surface area contributed by atoms with Gasteiger partial charge in [0.25, 0.3) is 0 Å². The summed E-state index contributed by atoms with van der Waals surface area (Å²) in [6.45, 7) is 9.50. The van der Waals surface area contributed by atoms with Gasteiger partial charge in [-0.3, -0.25) is 0 Å². The summed E-state index contributed by atoms with van der Waals surface area (Å²) in [7, 11) is 0. The van der Waals surface area contributed by atoms with Crippen molar-refractivity contribution in [1.82, 2.24) is 9.80 Å². The first-order valence-electron chi connectivity index (χ1n) is 26.0. The Hall–Kier alpha value is -0.660. The molecule has 1 rings (SSSR count). The summed E-state index contributed by atoms with van der Waals surface area (Å²) in [5, 5.41) is 0. The second-order valence-electron chi connectivity index (χ2n) is 18.2. The van der Waals surface area contributed by atoms with Crippen molar-refractivity contribution < 1.29 is 0 Å². The predicted molar refractivity (Wildman–Crippen MR) is 247 cm³/mol. The molecule has 2 nitrogen and oxygen atoms in total. The minimum atomic E-state index is 0.635. The molecule has 1 heterocycles. The third-order valence-electron chi connectivity index (χ3n) is 12.8. The van der Waals surface area contributed by atoms with Crippen molar-refractivity contribution in [2.24, 2.45) is 0 Å². The van der Waals surface area contributed by atoms with Crippen molar-refractivity contribution in [3.05, 3.63) is 12.4 Å². The molecule has 0 saturated heterocycles. The molecule has 322 valence electrons. The lowest BCUT2D eigenvalue weighted by Crippen LogP contribution is -2.39. The highest BCUT2D eigenvalue weighted by Crippen LogP contribution is 2.24. The van der Waals surface area contributed by atoms with Crippen LogP contribution in [0.3, 0.4) is 0 Å². The Bertz CT molecular complexity index is 717. The minimum Gasteiger partial charge on any atom is -0.356 e. The molecule has 0 fully saturated rings. The van der Waals surface area contributed by atoms with Crippen molar-refractivity contribution in [3.8, 4) is 0 Å². The molecule has 0 aliphatic carbocycles. The van der Waals surface area contributed by atoms with Crippen LogP contribution in [0.15, 0.2) is 12.4 Å². The van der Waals surface area contributed by atoms with Crippen LogP contribution in [0.5, 0.6) is 0 Å². The molecule has 1 atom stereocenters. The van der Waals surface area contributed by atoms with E-state index in [1.54, 1.807) is 0 Å². The quantitative estimate of drug-likeness (QED) is 0.0571. The summed E-state index contributed by atoms with van der Waals surface area (Å²) in [6.07, 6.45) is 69.3. The molecule has 2 heteroatoms. The van der Waals surface area contributed by atoms with Gasteiger partial charge in [-0.2, -0.15) is 0 Å². The third-order valence-corrected chi connectivity index (χ3v) is 12.8. The van der Waals surface area contributed by atoms with E-state index in [4.69, 9.17) is 0 Å². The van der Waals surface area contributed by atoms with E-state index in [1.807, 2.05) is 0 Å². The van der Waals surface area contributed by atoms with Crippen LogP contribution in [0.25, 0.3) is 0 Å². The number of unbranched alkanes of at least 4 members (excludes halogenated alkanes) is 40. The molecule has 54 heavy (non-hydrogen) atoms. The van der Waals surface area contributed by atoms with Crippen molar-refractivity contribution in [2.75, 3.05) is 13.1 Å². The number of hydrogen-bond donors (Lipinski definition) is 0. The molecule has 1 unspecified atom stereocenters. The topological polar surface area (TPSA) is 6.48 Å². The van der Waals surface area contributed by atoms with E-state index < -0.39 is 0 Å². The fourth-order valence-corrected chi connectivity index (χ4v) is 9.02. The average molecular weight is 757 g/mol. The van der Waals surface area contributed by atoms with Gasteiger partial charge in [0, 0.05) is 25.5 Å². The van der Waals surface area contributed by atoms with E-state index >= 15 is 0 Å². The van der Waals surface area contributed by atoms with Gasteiger partial charge in [-0.05, 0) is 25.7 Å². The van der Waals surface area contributed by atoms with E-state index in [-0.39, 0.29) is 0 Å². The van der Waals surface area contributed by atoms with Crippen LogP contribution in [0.1, 0.15) is 303 Å². The second-order valence-corrected chi connectivity index (χ2v) is 18.2. The van der Waals surface area contributed by atoms with E-state index in [1.165, 1.54) is 296 Å². The van der Waals surface area contributed by atoms with Gasteiger partial charge >= 0.3 is 0 Å². The van der Waals surface area contributed by atoms with Crippen LogP contribution in [0.2, 0.25) is 0 Å². The second kappa shape index (κ2) is 43.5. The maximum Gasteiger partial charge on any atom is 0.101 e. The predicted octanol–water partition coefficient (Wildman–Crippen LogP) is 18.6. The zero-order chi connectivity index (χ0) is 38.7. The summed E-state index contributed by atoms with van der Waals surface area (Å²) in [4.78, 5) is 5.49. The Morgan fingerprint density at radius 3 is 0.648 bits per heavy atom. The van der Waals surface area contributed by atoms with Gasteiger partial charge in [0.15, 0.2) is 0 Å². The lowest BCUT2D eigenvalue weighted by molar-refractivity contribution is 0.135. The Labute approximate surface area is 343 Å². The molecular weight excluding hydrogens is 653 g/mol. The fraction of sp³-hybridized carbons (Fsp3) is 0.962. The van der Waals surface area contributed by atoms with Crippen LogP contribution in [-0.2, 0) is 0 Å². The Morgan fingerprint density at radius 2 is 0.426 bits per heavy atom. The lowest BCUT2D eigenvalue weighted by atomic mass is 10.0. The zero-order valence-electron chi connectivity index (χ0n) is 38.2. The molecule has 0 spiro atoms. The minimum absolute atomic E-state index is 0.635. The summed E-state index contributed by atoms with van der Waals surface area (Å²) in [6, 6.07) is 0. The molecule has 0 bridgehead atoms. The molecular formula is C52H104N2. The van der Waals surface area contributed by atoms with Gasteiger partial charge in [-0.15, -0.1) is 0 Å².